The first-order chi connectivity index (χ1) is 10.0. The van der Waals surface area contributed by atoms with Crippen LogP contribution in [0.25, 0.3) is 0 Å². The standard InChI is InChI=1S/C14H27N5O2/c1-5-7-15-12-17-13(19-14(18-12)21-6-2)16-9-11(20)8-10(3)4/h10-11,20H,5-9H2,1-4H3,(H2,15,16,17,18,19). The van der Waals surface area contributed by atoms with Crippen LogP contribution >= 0.6 is 0 Å². The smallest absolute Gasteiger partial charge is 0.323 e. The van der Waals surface area contributed by atoms with E-state index in [9.17, 15) is 5.11 Å². The summed E-state index contributed by atoms with van der Waals surface area (Å²) in [5.74, 6) is 1.34. The van der Waals surface area contributed by atoms with E-state index in [4.69, 9.17) is 4.74 Å². The van der Waals surface area contributed by atoms with Crippen molar-refractivity contribution in [3.05, 3.63) is 0 Å². The lowest BCUT2D eigenvalue weighted by molar-refractivity contribution is 0.161. The van der Waals surface area contributed by atoms with Crippen molar-refractivity contribution in [2.45, 2.75) is 46.6 Å². The molecule has 0 radical (unpaired) electrons. The van der Waals surface area contributed by atoms with Crippen molar-refractivity contribution >= 4 is 11.9 Å². The monoisotopic (exact) mass is 297 g/mol. The van der Waals surface area contributed by atoms with Gasteiger partial charge in [0.25, 0.3) is 0 Å². The first-order valence-corrected chi connectivity index (χ1v) is 7.59. The van der Waals surface area contributed by atoms with Crippen molar-refractivity contribution in [1.29, 1.82) is 0 Å². The van der Waals surface area contributed by atoms with Gasteiger partial charge in [-0.3, -0.25) is 0 Å². The van der Waals surface area contributed by atoms with Crippen molar-refractivity contribution in [3.8, 4) is 6.01 Å². The number of rotatable bonds is 10. The Hall–Kier alpha value is -1.63. The van der Waals surface area contributed by atoms with Crippen LogP contribution in [0.15, 0.2) is 0 Å². The number of nitrogens with zero attached hydrogens (tertiary/aromatic N) is 3. The number of nitrogens with one attached hydrogen (secondary N) is 2. The van der Waals surface area contributed by atoms with Gasteiger partial charge in [-0.05, 0) is 25.7 Å². The zero-order valence-corrected chi connectivity index (χ0v) is 13.4. The highest BCUT2D eigenvalue weighted by Gasteiger charge is 2.10. The van der Waals surface area contributed by atoms with Crippen LogP contribution < -0.4 is 15.4 Å². The van der Waals surface area contributed by atoms with Gasteiger partial charge in [-0.15, -0.1) is 0 Å². The zero-order chi connectivity index (χ0) is 15.7. The Morgan fingerprint density at radius 2 is 1.76 bits per heavy atom. The molecule has 120 valence electrons. The molecule has 0 fully saturated rings. The van der Waals surface area contributed by atoms with Gasteiger partial charge in [0, 0.05) is 13.1 Å². The summed E-state index contributed by atoms with van der Waals surface area (Å²) < 4.78 is 5.33. The number of aromatic nitrogens is 3. The molecule has 0 amide bonds. The summed E-state index contributed by atoms with van der Waals surface area (Å²) in [5.41, 5.74) is 0. The minimum atomic E-state index is -0.427. The fraction of sp³-hybridized carbons (Fsp3) is 0.786. The van der Waals surface area contributed by atoms with E-state index >= 15 is 0 Å². The summed E-state index contributed by atoms with van der Waals surface area (Å²) in [4.78, 5) is 12.6. The molecule has 0 aliphatic carbocycles. The molecular formula is C14H27N5O2. The van der Waals surface area contributed by atoms with Gasteiger partial charge >= 0.3 is 6.01 Å². The molecule has 21 heavy (non-hydrogen) atoms. The van der Waals surface area contributed by atoms with Gasteiger partial charge in [-0.2, -0.15) is 15.0 Å². The van der Waals surface area contributed by atoms with E-state index in [0.29, 0.717) is 31.0 Å². The van der Waals surface area contributed by atoms with Gasteiger partial charge < -0.3 is 20.5 Å². The van der Waals surface area contributed by atoms with Crippen LogP contribution in [-0.4, -0.2) is 45.9 Å². The highest BCUT2D eigenvalue weighted by atomic mass is 16.5. The number of ether oxygens (including phenoxy) is 1. The Morgan fingerprint density at radius 1 is 1.10 bits per heavy atom. The second kappa shape index (κ2) is 9.33. The van der Waals surface area contributed by atoms with Crippen molar-refractivity contribution < 1.29 is 9.84 Å². The summed E-state index contributed by atoms with van der Waals surface area (Å²) in [5, 5.41) is 16.0. The number of hydrogen-bond acceptors (Lipinski definition) is 7. The Labute approximate surface area is 126 Å². The Bertz CT molecular complexity index is 414. The van der Waals surface area contributed by atoms with Gasteiger partial charge in [-0.1, -0.05) is 20.8 Å². The van der Waals surface area contributed by atoms with Gasteiger partial charge in [0.15, 0.2) is 0 Å². The lowest BCUT2D eigenvalue weighted by Crippen LogP contribution is -2.22. The molecule has 0 saturated heterocycles. The molecule has 1 aromatic heterocycles. The highest BCUT2D eigenvalue weighted by Crippen LogP contribution is 2.12. The summed E-state index contributed by atoms with van der Waals surface area (Å²) in [6.45, 7) is 9.78. The van der Waals surface area contributed by atoms with E-state index in [1.54, 1.807) is 0 Å². The Morgan fingerprint density at radius 3 is 2.33 bits per heavy atom. The highest BCUT2D eigenvalue weighted by molar-refractivity contribution is 5.35. The molecule has 1 aromatic rings. The van der Waals surface area contributed by atoms with Crippen molar-refractivity contribution in [3.63, 3.8) is 0 Å². The first-order valence-electron chi connectivity index (χ1n) is 7.59. The van der Waals surface area contributed by atoms with Crippen LogP contribution in [-0.2, 0) is 0 Å². The molecule has 1 unspecified atom stereocenters. The van der Waals surface area contributed by atoms with Crippen molar-refractivity contribution in [1.82, 2.24) is 15.0 Å². The first kappa shape index (κ1) is 17.4. The summed E-state index contributed by atoms with van der Waals surface area (Å²) in [7, 11) is 0. The van der Waals surface area contributed by atoms with Crippen molar-refractivity contribution in [2.24, 2.45) is 5.92 Å². The minimum absolute atomic E-state index is 0.284. The van der Waals surface area contributed by atoms with Crippen LogP contribution in [0.4, 0.5) is 11.9 Å². The van der Waals surface area contributed by atoms with Gasteiger partial charge in [0.2, 0.25) is 11.9 Å². The predicted octanol–water partition coefficient (Wildman–Crippen LogP) is 1.91. The maximum atomic E-state index is 9.88. The van der Waals surface area contributed by atoms with Gasteiger partial charge in [-0.25, -0.2) is 0 Å². The Kier molecular flexibility index (Phi) is 7.74. The van der Waals surface area contributed by atoms with E-state index in [1.807, 2.05) is 6.92 Å². The molecule has 0 aliphatic rings. The third-order valence-corrected chi connectivity index (χ3v) is 2.66. The van der Waals surface area contributed by atoms with Gasteiger partial charge in [0.05, 0.1) is 12.7 Å². The molecule has 1 atom stereocenters. The topological polar surface area (TPSA) is 92.2 Å². The van der Waals surface area contributed by atoms with E-state index < -0.39 is 6.10 Å². The third kappa shape index (κ3) is 7.08. The fourth-order valence-corrected chi connectivity index (χ4v) is 1.78. The molecule has 1 heterocycles. The van der Waals surface area contributed by atoms with Crippen LogP contribution in [0.2, 0.25) is 0 Å². The normalized spacial score (nSPS) is 12.3. The molecule has 0 aromatic carbocycles. The zero-order valence-electron chi connectivity index (χ0n) is 13.4. The fourth-order valence-electron chi connectivity index (χ4n) is 1.78. The second-order valence-corrected chi connectivity index (χ2v) is 5.29. The molecule has 0 spiro atoms. The lowest BCUT2D eigenvalue weighted by Gasteiger charge is -2.14. The van der Waals surface area contributed by atoms with E-state index in [2.05, 4.69) is 46.4 Å². The second-order valence-electron chi connectivity index (χ2n) is 5.29. The third-order valence-electron chi connectivity index (χ3n) is 2.66. The number of anilines is 2. The molecule has 3 N–H and O–H groups in total. The summed E-state index contributed by atoms with van der Waals surface area (Å²) >= 11 is 0. The van der Waals surface area contributed by atoms with Crippen LogP contribution in [0, 0.1) is 5.92 Å². The van der Waals surface area contributed by atoms with Crippen LogP contribution in [0.3, 0.4) is 0 Å². The van der Waals surface area contributed by atoms with Gasteiger partial charge in [0.1, 0.15) is 0 Å². The number of hydrogen-bond donors (Lipinski definition) is 3. The molecule has 7 heteroatoms. The largest absolute Gasteiger partial charge is 0.464 e. The maximum Gasteiger partial charge on any atom is 0.323 e. The minimum Gasteiger partial charge on any atom is -0.464 e. The number of aliphatic hydroxyl groups is 1. The number of aliphatic hydroxyl groups excluding tert-OH is 1. The Balaban J connectivity index is 2.68. The maximum absolute atomic E-state index is 9.88. The average molecular weight is 297 g/mol. The summed E-state index contributed by atoms with van der Waals surface area (Å²) in [6, 6.07) is 0.284. The van der Waals surface area contributed by atoms with Crippen molar-refractivity contribution in [2.75, 3.05) is 30.3 Å². The van der Waals surface area contributed by atoms with Crippen LogP contribution in [0.5, 0.6) is 6.01 Å². The molecule has 0 saturated carbocycles. The molecule has 0 bridgehead atoms. The molecule has 7 nitrogen and oxygen atoms in total. The molecular weight excluding hydrogens is 270 g/mol. The summed E-state index contributed by atoms with van der Waals surface area (Å²) in [6.07, 6.45) is 1.28. The van der Waals surface area contributed by atoms with Crippen LogP contribution in [0.1, 0.15) is 40.5 Å². The quantitative estimate of drug-likeness (QED) is 0.607. The SMILES string of the molecule is CCCNc1nc(NCC(O)CC(C)C)nc(OCC)n1. The van der Waals surface area contributed by atoms with E-state index in [1.165, 1.54) is 0 Å². The predicted molar refractivity (Wildman–Crippen MR) is 83.7 cm³/mol. The van der Waals surface area contributed by atoms with E-state index in [0.717, 1.165) is 19.4 Å². The molecule has 0 aliphatic heterocycles. The average Bonchev–Trinajstić information content (AvgIpc) is 2.42. The van der Waals surface area contributed by atoms with E-state index in [-0.39, 0.29) is 6.01 Å². The molecule has 1 rings (SSSR count). The lowest BCUT2D eigenvalue weighted by atomic mass is 10.1.